The van der Waals surface area contributed by atoms with Crippen molar-refractivity contribution in [1.82, 2.24) is 15.1 Å². The van der Waals surface area contributed by atoms with Crippen molar-refractivity contribution in [2.45, 2.75) is 39.3 Å². The van der Waals surface area contributed by atoms with E-state index in [-0.39, 0.29) is 17.7 Å². The summed E-state index contributed by atoms with van der Waals surface area (Å²) in [5.41, 5.74) is 2.71. The highest BCUT2D eigenvalue weighted by atomic mass is 35.5. The molecule has 2 amide bonds. The van der Waals surface area contributed by atoms with Gasteiger partial charge in [0.2, 0.25) is 0 Å². The maximum atomic E-state index is 12.3. The molecule has 0 saturated carbocycles. The third-order valence-corrected chi connectivity index (χ3v) is 4.61. The number of nitrogens with zero attached hydrogens (tertiary/aromatic N) is 2. The molecule has 164 valence electrons. The lowest BCUT2D eigenvalue weighted by molar-refractivity contribution is -0.0498. The number of amides is 2. The first-order chi connectivity index (χ1) is 14.6. The molecular weight excluding hydrogens is 426 g/mol. The predicted molar refractivity (Wildman–Crippen MR) is 116 cm³/mol. The zero-order valence-corrected chi connectivity index (χ0v) is 18.1. The molecule has 31 heavy (non-hydrogen) atoms. The average Bonchev–Trinajstić information content (AvgIpc) is 3.12. The maximum Gasteiger partial charge on any atom is 0.387 e. The van der Waals surface area contributed by atoms with Crippen LogP contribution in [0.3, 0.4) is 0 Å². The molecule has 0 aliphatic carbocycles. The highest BCUT2D eigenvalue weighted by Gasteiger charge is 2.21. The molecule has 2 N–H and O–H groups in total. The maximum absolute atomic E-state index is 12.3. The minimum atomic E-state index is -2.90. The van der Waals surface area contributed by atoms with Crippen LogP contribution in [-0.4, -0.2) is 22.4 Å². The molecule has 1 aromatic heterocycles. The van der Waals surface area contributed by atoms with E-state index >= 15 is 0 Å². The van der Waals surface area contributed by atoms with Crippen molar-refractivity contribution in [3.63, 3.8) is 0 Å². The van der Waals surface area contributed by atoms with Crippen LogP contribution in [0.15, 0.2) is 54.6 Å². The van der Waals surface area contributed by atoms with E-state index < -0.39 is 12.6 Å². The van der Waals surface area contributed by atoms with Gasteiger partial charge in [-0.1, -0.05) is 38.4 Å². The van der Waals surface area contributed by atoms with E-state index in [1.165, 1.54) is 24.3 Å². The standard InChI is InChI=1S/C22H23ClF2N4O2/c1-22(2,3)19-12-17(29(28-19)16-6-4-5-14(23)11-16)13-26-21(30)27-15-7-9-18(10-8-15)31-20(24)25/h4-12,20H,13H2,1-3H3,(H2,26,27,30). The molecular formula is C22H23ClF2N4O2. The van der Waals surface area contributed by atoms with Crippen molar-refractivity contribution in [3.8, 4) is 11.4 Å². The van der Waals surface area contributed by atoms with Gasteiger partial charge in [-0.15, -0.1) is 0 Å². The van der Waals surface area contributed by atoms with E-state index in [0.717, 1.165) is 17.1 Å². The number of nitrogens with one attached hydrogen (secondary N) is 2. The largest absolute Gasteiger partial charge is 0.435 e. The van der Waals surface area contributed by atoms with Crippen molar-refractivity contribution in [2.75, 3.05) is 5.32 Å². The third-order valence-electron chi connectivity index (χ3n) is 4.37. The Hall–Kier alpha value is -3.13. The van der Waals surface area contributed by atoms with Crippen LogP contribution in [0.1, 0.15) is 32.2 Å². The number of carbonyl (C=O) groups is 1. The summed E-state index contributed by atoms with van der Waals surface area (Å²) < 4.78 is 30.5. The monoisotopic (exact) mass is 448 g/mol. The SMILES string of the molecule is CC(C)(C)c1cc(CNC(=O)Nc2ccc(OC(F)F)cc2)n(-c2cccc(Cl)c2)n1. The van der Waals surface area contributed by atoms with Crippen LogP contribution in [-0.2, 0) is 12.0 Å². The number of anilines is 1. The second-order valence-electron chi connectivity index (χ2n) is 7.87. The number of benzene rings is 2. The molecule has 0 saturated heterocycles. The van der Waals surface area contributed by atoms with Gasteiger partial charge >= 0.3 is 12.6 Å². The summed E-state index contributed by atoms with van der Waals surface area (Å²) in [6, 6.07) is 14.5. The van der Waals surface area contributed by atoms with Gasteiger partial charge in [0.1, 0.15) is 5.75 Å². The molecule has 0 unspecified atom stereocenters. The number of hydrogen-bond donors (Lipinski definition) is 2. The molecule has 1 heterocycles. The molecule has 0 atom stereocenters. The van der Waals surface area contributed by atoms with Gasteiger partial charge < -0.3 is 15.4 Å². The average molecular weight is 449 g/mol. The number of rotatable bonds is 6. The quantitative estimate of drug-likeness (QED) is 0.504. The number of ether oxygens (including phenoxy) is 1. The van der Waals surface area contributed by atoms with Gasteiger partial charge in [0.05, 0.1) is 23.6 Å². The topological polar surface area (TPSA) is 68.2 Å². The Morgan fingerprint density at radius 3 is 2.48 bits per heavy atom. The van der Waals surface area contributed by atoms with Crippen molar-refractivity contribution < 1.29 is 18.3 Å². The Kier molecular flexibility index (Phi) is 6.80. The summed E-state index contributed by atoms with van der Waals surface area (Å²) >= 11 is 6.13. The minimum absolute atomic E-state index is 0.0149. The number of alkyl halides is 2. The lowest BCUT2D eigenvalue weighted by atomic mass is 9.92. The molecule has 0 radical (unpaired) electrons. The second kappa shape index (κ2) is 9.34. The molecule has 2 aromatic carbocycles. The normalized spacial score (nSPS) is 11.5. The van der Waals surface area contributed by atoms with Gasteiger partial charge in [-0.05, 0) is 48.5 Å². The van der Waals surface area contributed by atoms with Crippen LogP contribution in [0.5, 0.6) is 5.75 Å². The molecule has 0 aliphatic rings. The molecule has 3 aromatic rings. The van der Waals surface area contributed by atoms with E-state index in [1.807, 2.05) is 18.2 Å². The fourth-order valence-electron chi connectivity index (χ4n) is 2.81. The zero-order valence-electron chi connectivity index (χ0n) is 17.3. The van der Waals surface area contributed by atoms with Crippen LogP contribution in [0.2, 0.25) is 5.02 Å². The van der Waals surface area contributed by atoms with Gasteiger partial charge in [0, 0.05) is 16.1 Å². The number of aromatic nitrogens is 2. The first kappa shape index (κ1) is 22.6. The summed E-state index contributed by atoms with van der Waals surface area (Å²) in [7, 11) is 0. The Labute approximate surface area is 184 Å². The zero-order chi connectivity index (χ0) is 22.6. The predicted octanol–water partition coefficient (Wildman–Crippen LogP) is 5.75. The number of urea groups is 1. The molecule has 0 aliphatic heterocycles. The fraction of sp³-hybridized carbons (Fsp3) is 0.273. The highest BCUT2D eigenvalue weighted by Crippen LogP contribution is 2.25. The molecule has 0 bridgehead atoms. The van der Waals surface area contributed by atoms with E-state index in [0.29, 0.717) is 10.7 Å². The first-order valence-corrected chi connectivity index (χ1v) is 9.95. The lowest BCUT2D eigenvalue weighted by Crippen LogP contribution is -2.29. The van der Waals surface area contributed by atoms with Crippen LogP contribution in [0.25, 0.3) is 5.69 Å². The van der Waals surface area contributed by atoms with Crippen molar-refractivity contribution >= 4 is 23.3 Å². The van der Waals surface area contributed by atoms with Crippen LogP contribution < -0.4 is 15.4 Å². The summed E-state index contributed by atoms with van der Waals surface area (Å²) in [5.74, 6) is 0.0149. The van der Waals surface area contributed by atoms with Gasteiger partial charge in [-0.2, -0.15) is 13.9 Å². The summed E-state index contributed by atoms with van der Waals surface area (Å²) in [6.07, 6.45) is 0. The minimum Gasteiger partial charge on any atom is -0.435 e. The summed E-state index contributed by atoms with van der Waals surface area (Å²) in [5, 5.41) is 10.7. The third kappa shape index (κ3) is 6.18. The number of carbonyl (C=O) groups excluding carboxylic acids is 1. The molecule has 6 nitrogen and oxygen atoms in total. The van der Waals surface area contributed by atoms with Gasteiger partial charge in [0.25, 0.3) is 0 Å². The smallest absolute Gasteiger partial charge is 0.387 e. The van der Waals surface area contributed by atoms with Crippen LogP contribution in [0, 0.1) is 0 Å². The van der Waals surface area contributed by atoms with Gasteiger partial charge in [0.15, 0.2) is 0 Å². The van der Waals surface area contributed by atoms with E-state index in [9.17, 15) is 13.6 Å². The summed E-state index contributed by atoms with van der Waals surface area (Å²) in [6.45, 7) is 3.49. The highest BCUT2D eigenvalue weighted by molar-refractivity contribution is 6.30. The molecule has 3 rings (SSSR count). The van der Waals surface area contributed by atoms with E-state index in [2.05, 4.69) is 36.1 Å². The number of halogens is 3. The van der Waals surface area contributed by atoms with Gasteiger partial charge in [-0.3, -0.25) is 0 Å². The molecule has 0 fully saturated rings. The summed E-state index contributed by atoms with van der Waals surface area (Å²) in [4.78, 5) is 12.3. The Morgan fingerprint density at radius 1 is 1.16 bits per heavy atom. The van der Waals surface area contributed by atoms with Crippen molar-refractivity contribution in [2.24, 2.45) is 0 Å². The molecule has 9 heteroatoms. The molecule has 0 spiro atoms. The van der Waals surface area contributed by atoms with Crippen LogP contribution >= 0.6 is 11.6 Å². The lowest BCUT2D eigenvalue weighted by Gasteiger charge is -2.14. The van der Waals surface area contributed by atoms with Crippen molar-refractivity contribution in [3.05, 3.63) is 71.0 Å². The van der Waals surface area contributed by atoms with Crippen LogP contribution in [0.4, 0.5) is 19.3 Å². The Morgan fingerprint density at radius 2 is 1.87 bits per heavy atom. The fourth-order valence-corrected chi connectivity index (χ4v) is 2.99. The second-order valence-corrected chi connectivity index (χ2v) is 8.31. The van der Waals surface area contributed by atoms with E-state index in [4.69, 9.17) is 16.7 Å². The van der Waals surface area contributed by atoms with Crippen molar-refractivity contribution in [1.29, 1.82) is 0 Å². The van der Waals surface area contributed by atoms with Gasteiger partial charge in [-0.25, -0.2) is 9.48 Å². The van der Waals surface area contributed by atoms with E-state index in [1.54, 1.807) is 16.8 Å². The Balaban J connectivity index is 1.71. The first-order valence-electron chi connectivity index (χ1n) is 9.57. The number of hydrogen-bond acceptors (Lipinski definition) is 3. The Bertz CT molecular complexity index is 1050.